The van der Waals surface area contributed by atoms with E-state index in [-0.39, 0.29) is 24.5 Å². The maximum Gasteiger partial charge on any atom is 0.405 e. The first kappa shape index (κ1) is 12.1. The SMILES string of the molecule is C#C[C@]1(C(F)(F)F)C[C@@H]1C(=O)CC(C)C. The van der Waals surface area contributed by atoms with E-state index in [0.717, 1.165) is 0 Å². The summed E-state index contributed by atoms with van der Waals surface area (Å²) in [4.78, 5) is 11.4. The van der Waals surface area contributed by atoms with E-state index in [1.54, 1.807) is 19.8 Å². The molecule has 0 aromatic rings. The van der Waals surface area contributed by atoms with Crippen molar-refractivity contribution in [1.82, 2.24) is 0 Å². The van der Waals surface area contributed by atoms with Gasteiger partial charge in [-0.05, 0) is 12.3 Å². The summed E-state index contributed by atoms with van der Waals surface area (Å²) in [6.45, 7) is 3.59. The highest BCUT2D eigenvalue weighted by atomic mass is 19.4. The summed E-state index contributed by atoms with van der Waals surface area (Å²) in [6, 6.07) is 0. The molecule has 4 heteroatoms. The zero-order valence-corrected chi connectivity index (χ0v) is 8.69. The van der Waals surface area contributed by atoms with Crippen LogP contribution in [0, 0.1) is 29.6 Å². The van der Waals surface area contributed by atoms with Crippen LogP contribution in [-0.2, 0) is 4.79 Å². The van der Waals surface area contributed by atoms with E-state index in [4.69, 9.17) is 6.42 Å². The van der Waals surface area contributed by atoms with Crippen LogP contribution in [0.15, 0.2) is 0 Å². The molecule has 0 radical (unpaired) electrons. The molecule has 1 aliphatic rings. The summed E-state index contributed by atoms with van der Waals surface area (Å²) < 4.78 is 37.6. The molecular weight excluding hydrogens is 205 g/mol. The molecule has 0 aromatic heterocycles. The number of carbonyl (C=O) groups is 1. The zero-order valence-electron chi connectivity index (χ0n) is 8.69. The van der Waals surface area contributed by atoms with Crippen LogP contribution in [0.1, 0.15) is 26.7 Å². The van der Waals surface area contributed by atoms with Gasteiger partial charge >= 0.3 is 6.18 Å². The predicted octanol–water partition coefficient (Wildman–Crippen LogP) is 2.80. The number of Topliss-reactive ketones (excluding diaryl/α,β-unsaturated/α-hetero) is 1. The number of hydrogen-bond acceptors (Lipinski definition) is 1. The zero-order chi connectivity index (χ0) is 11.9. The molecule has 0 aromatic carbocycles. The molecular formula is C11H13F3O. The van der Waals surface area contributed by atoms with E-state index in [0.29, 0.717) is 0 Å². The number of ketones is 1. The van der Waals surface area contributed by atoms with Gasteiger partial charge in [-0.1, -0.05) is 19.8 Å². The number of terminal acetylenes is 1. The Kier molecular flexibility index (Phi) is 2.86. The third-order valence-electron chi connectivity index (χ3n) is 2.72. The first-order chi connectivity index (χ1) is 6.74. The van der Waals surface area contributed by atoms with E-state index >= 15 is 0 Å². The van der Waals surface area contributed by atoms with Gasteiger partial charge in [-0.25, -0.2) is 0 Å². The minimum Gasteiger partial charge on any atom is -0.299 e. The molecule has 1 rings (SSSR count). The fraction of sp³-hybridized carbons (Fsp3) is 0.727. The highest BCUT2D eigenvalue weighted by Gasteiger charge is 2.72. The van der Waals surface area contributed by atoms with Crippen LogP contribution >= 0.6 is 0 Å². The fourth-order valence-corrected chi connectivity index (χ4v) is 1.75. The second-order valence-electron chi connectivity index (χ2n) is 4.43. The Morgan fingerprint density at radius 1 is 1.60 bits per heavy atom. The van der Waals surface area contributed by atoms with Crippen molar-refractivity contribution in [2.75, 3.05) is 0 Å². The molecule has 1 aliphatic carbocycles. The summed E-state index contributed by atoms with van der Waals surface area (Å²) >= 11 is 0. The van der Waals surface area contributed by atoms with Gasteiger partial charge in [-0.15, -0.1) is 6.42 Å². The standard InChI is InChI=1S/C11H13F3O/c1-4-10(11(12,13)14)6-8(10)9(15)5-7(2)3/h1,7-8H,5-6H2,2-3H3/t8-,10+/m1/s1. The molecule has 1 saturated carbocycles. The Morgan fingerprint density at radius 2 is 2.13 bits per heavy atom. The topological polar surface area (TPSA) is 17.1 Å². The van der Waals surface area contributed by atoms with Gasteiger partial charge in [0.15, 0.2) is 0 Å². The van der Waals surface area contributed by atoms with E-state index in [9.17, 15) is 18.0 Å². The summed E-state index contributed by atoms with van der Waals surface area (Å²) in [6.07, 6.45) is 0.366. The normalized spacial score (nSPS) is 30.1. The lowest BCUT2D eigenvalue weighted by Crippen LogP contribution is -2.27. The summed E-state index contributed by atoms with van der Waals surface area (Å²) in [7, 11) is 0. The van der Waals surface area contributed by atoms with Crippen molar-refractivity contribution < 1.29 is 18.0 Å². The largest absolute Gasteiger partial charge is 0.405 e. The van der Waals surface area contributed by atoms with Crippen molar-refractivity contribution in [3.05, 3.63) is 0 Å². The highest BCUT2D eigenvalue weighted by molar-refractivity contribution is 5.86. The van der Waals surface area contributed by atoms with Crippen LogP contribution in [0.25, 0.3) is 0 Å². The smallest absolute Gasteiger partial charge is 0.299 e. The maximum atomic E-state index is 12.5. The van der Waals surface area contributed by atoms with Crippen LogP contribution in [0.4, 0.5) is 13.2 Å². The van der Waals surface area contributed by atoms with E-state index < -0.39 is 17.5 Å². The molecule has 15 heavy (non-hydrogen) atoms. The molecule has 1 nitrogen and oxygen atoms in total. The van der Waals surface area contributed by atoms with Gasteiger partial charge in [-0.3, -0.25) is 4.79 Å². The first-order valence-corrected chi connectivity index (χ1v) is 4.82. The third kappa shape index (κ3) is 2.01. The molecule has 0 heterocycles. The molecule has 0 aliphatic heterocycles. The van der Waals surface area contributed by atoms with Crippen molar-refractivity contribution in [3.8, 4) is 12.3 Å². The molecule has 2 atom stereocenters. The molecule has 0 saturated heterocycles. The number of halogens is 3. The molecule has 1 fully saturated rings. The van der Waals surface area contributed by atoms with Crippen LogP contribution < -0.4 is 0 Å². The molecule has 0 amide bonds. The maximum absolute atomic E-state index is 12.5. The molecule has 0 bridgehead atoms. The van der Waals surface area contributed by atoms with Gasteiger partial charge in [0.05, 0.1) is 0 Å². The second kappa shape index (κ2) is 3.55. The molecule has 0 N–H and O–H groups in total. The van der Waals surface area contributed by atoms with Crippen molar-refractivity contribution in [2.45, 2.75) is 32.9 Å². The molecule has 0 unspecified atom stereocenters. The van der Waals surface area contributed by atoms with Crippen LogP contribution in [-0.4, -0.2) is 12.0 Å². The van der Waals surface area contributed by atoms with Crippen molar-refractivity contribution in [2.24, 2.45) is 17.3 Å². The number of rotatable bonds is 3. The van der Waals surface area contributed by atoms with Crippen LogP contribution in [0.3, 0.4) is 0 Å². The van der Waals surface area contributed by atoms with E-state index in [1.807, 2.05) is 0 Å². The van der Waals surface area contributed by atoms with E-state index in [2.05, 4.69) is 0 Å². The average molecular weight is 218 g/mol. The van der Waals surface area contributed by atoms with Gasteiger partial charge in [0.1, 0.15) is 11.2 Å². The Hall–Kier alpha value is -0.980. The lowest BCUT2D eigenvalue weighted by atomic mass is 9.97. The van der Waals surface area contributed by atoms with Crippen molar-refractivity contribution in [3.63, 3.8) is 0 Å². The summed E-state index contributed by atoms with van der Waals surface area (Å²) in [5.41, 5.74) is -2.17. The minimum atomic E-state index is -4.46. The van der Waals surface area contributed by atoms with Gasteiger partial charge in [-0.2, -0.15) is 13.2 Å². The fourth-order valence-electron chi connectivity index (χ4n) is 1.75. The highest BCUT2D eigenvalue weighted by Crippen LogP contribution is 2.62. The van der Waals surface area contributed by atoms with Gasteiger partial charge in [0.2, 0.25) is 0 Å². The first-order valence-electron chi connectivity index (χ1n) is 4.82. The summed E-state index contributed by atoms with van der Waals surface area (Å²) in [5, 5.41) is 0. The lowest BCUT2D eigenvalue weighted by Gasteiger charge is -2.14. The van der Waals surface area contributed by atoms with Gasteiger partial charge < -0.3 is 0 Å². The summed E-state index contributed by atoms with van der Waals surface area (Å²) in [5.74, 6) is 0.452. The number of hydrogen-bond donors (Lipinski definition) is 0. The molecule has 84 valence electrons. The lowest BCUT2D eigenvalue weighted by molar-refractivity contribution is -0.175. The van der Waals surface area contributed by atoms with E-state index in [1.165, 1.54) is 0 Å². The average Bonchev–Trinajstić information content (AvgIpc) is 2.76. The van der Waals surface area contributed by atoms with Crippen LogP contribution in [0.2, 0.25) is 0 Å². The minimum absolute atomic E-state index is 0.0711. The van der Waals surface area contributed by atoms with Crippen molar-refractivity contribution >= 4 is 5.78 Å². The predicted molar refractivity (Wildman–Crippen MR) is 49.9 cm³/mol. The second-order valence-corrected chi connectivity index (χ2v) is 4.43. The molecule has 0 spiro atoms. The van der Waals surface area contributed by atoms with Crippen LogP contribution in [0.5, 0.6) is 0 Å². The Bertz CT molecular complexity index is 311. The quantitative estimate of drug-likeness (QED) is 0.666. The third-order valence-corrected chi connectivity index (χ3v) is 2.72. The van der Waals surface area contributed by atoms with Crippen molar-refractivity contribution in [1.29, 1.82) is 0 Å². The van der Waals surface area contributed by atoms with Gasteiger partial charge in [0, 0.05) is 12.3 Å². The van der Waals surface area contributed by atoms with Gasteiger partial charge in [0.25, 0.3) is 0 Å². The number of carbonyl (C=O) groups excluding carboxylic acids is 1. The Balaban J connectivity index is 2.73. The Morgan fingerprint density at radius 3 is 2.40 bits per heavy atom. The Labute approximate surface area is 87.0 Å². The monoisotopic (exact) mass is 218 g/mol. The number of alkyl halides is 3.